The maximum Gasteiger partial charge on any atom is 0.148 e. The fourth-order valence-electron chi connectivity index (χ4n) is 1.40. The van der Waals surface area contributed by atoms with Crippen LogP contribution in [0.25, 0.3) is 0 Å². The van der Waals surface area contributed by atoms with E-state index >= 15 is 0 Å². The van der Waals surface area contributed by atoms with Gasteiger partial charge in [-0.15, -0.1) is 0 Å². The molecule has 0 aromatic heterocycles. The van der Waals surface area contributed by atoms with Crippen LogP contribution in [0.15, 0.2) is 36.4 Å². The van der Waals surface area contributed by atoms with E-state index in [2.05, 4.69) is 5.32 Å². The summed E-state index contributed by atoms with van der Waals surface area (Å²) < 4.78 is 26.3. The fourth-order valence-corrected chi connectivity index (χ4v) is 1.61. The van der Waals surface area contributed by atoms with Crippen LogP contribution in [0.2, 0.25) is 5.02 Å². The van der Waals surface area contributed by atoms with Crippen LogP contribution in [0, 0.1) is 11.6 Å². The van der Waals surface area contributed by atoms with Crippen LogP contribution in [0.4, 0.5) is 25.8 Å². The summed E-state index contributed by atoms with van der Waals surface area (Å²) in [5, 5.41) is 2.97. The molecule has 2 nitrogen and oxygen atoms in total. The lowest BCUT2D eigenvalue weighted by Crippen LogP contribution is -1.99. The second-order valence-corrected chi connectivity index (χ2v) is 3.86. The van der Waals surface area contributed by atoms with Gasteiger partial charge in [-0.1, -0.05) is 17.7 Å². The number of hydrogen-bond acceptors (Lipinski definition) is 2. The first-order valence-electron chi connectivity index (χ1n) is 4.84. The summed E-state index contributed by atoms with van der Waals surface area (Å²) in [6.45, 7) is 0. The van der Waals surface area contributed by atoms with E-state index in [-0.39, 0.29) is 16.4 Å². The van der Waals surface area contributed by atoms with Crippen molar-refractivity contribution in [3.8, 4) is 0 Å². The molecule has 0 radical (unpaired) electrons. The normalized spacial score (nSPS) is 10.3. The summed E-state index contributed by atoms with van der Waals surface area (Å²) in [5.41, 5.74) is 6.31. The Balaban J connectivity index is 2.38. The lowest BCUT2D eigenvalue weighted by molar-refractivity contribution is 0.628. The van der Waals surface area contributed by atoms with E-state index in [1.54, 1.807) is 6.07 Å². The number of nitrogens with two attached hydrogens (primary N) is 1. The van der Waals surface area contributed by atoms with Gasteiger partial charge in [-0.25, -0.2) is 8.78 Å². The van der Waals surface area contributed by atoms with E-state index < -0.39 is 11.6 Å². The summed E-state index contributed by atoms with van der Waals surface area (Å²) in [4.78, 5) is 0. The molecule has 0 heterocycles. The summed E-state index contributed by atoms with van der Waals surface area (Å²) in [7, 11) is 0. The monoisotopic (exact) mass is 254 g/mol. The van der Waals surface area contributed by atoms with Gasteiger partial charge in [0, 0.05) is 0 Å². The van der Waals surface area contributed by atoms with Gasteiger partial charge < -0.3 is 11.1 Å². The Labute approximate surface area is 102 Å². The van der Waals surface area contributed by atoms with Crippen LogP contribution >= 0.6 is 11.6 Å². The molecular formula is C12H9ClF2N2. The third-order valence-corrected chi connectivity index (χ3v) is 2.55. The number of benzene rings is 2. The number of anilines is 3. The average molecular weight is 255 g/mol. The molecule has 88 valence electrons. The minimum absolute atomic E-state index is 0.118. The molecule has 0 aliphatic carbocycles. The van der Waals surface area contributed by atoms with Crippen molar-refractivity contribution < 1.29 is 8.78 Å². The Morgan fingerprint density at radius 3 is 2.53 bits per heavy atom. The maximum absolute atomic E-state index is 13.5. The summed E-state index contributed by atoms with van der Waals surface area (Å²) in [6.07, 6.45) is 0. The quantitative estimate of drug-likeness (QED) is 0.797. The number of nitrogen functional groups attached to an aromatic ring is 1. The molecule has 17 heavy (non-hydrogen) atoms. The summed E-state index contributed by atoms with van der Waals surface area (Å²) >= 11 is 5.85. The summed E-state index contributed by atoms with van der Waals surface area (Å²) in [5.74, 6) is -0.950. The van der Waals surface area contributed by atoms with E-state index in [4.69, 9.17) is 17.3 Å². The molecule has 5 heteroatoms. The summed E-state index contributed by atoms with van der Waals surface area (Å²) in [6, 6.07) is 8.12. The highest BCUT2D eigenvalue weighted by Crippen LogP contribution is 2.30. The molecule has 0 atom stereocenters. The van der Waals surface area contributed by atoms with Gasteiger partial charge in [0.05, 0.1) is 22.1 Å². The van der Waals surface area contributed by atoms with Gasteiger partial charge in [-0.3, -0.25) is 0 Å². The lowest BCUT2D eigenvalue weighted by atomic mass is 10.2. The van der Waals surface area contributed by atoms with Crippen molar-refractivity contribution in [2.24, 2.45) is 0 Å². The zero-order valence-corrected chi connectivity index (χ0v) is 9.43. The molecule has 0 aliphatic rings. The molecule has 0 amide bonds. The predicted molar refractivity (Wildman–Crippen MR) is 65.5 cm³/mol. The van der Waals surface area contributed by atoms with Gasteiger partial charge >= 0.3 is 0 Å². The molecule has 0 bridgehead atoms. The van der Waals surface area contributed by atoms with Crippen molar-refractivity contribution in [2.75, 3.05) is 11.1 Å². The third kappa shape index (κ3) is 2.47. The maximum atomic E-state index is 13.5. The van der Waals surface area contributed by atoms with Gasteiger partial charge in [0.2, 0.25) is 0 Å². The van der Waals surface area contributed by atoms with Crippen molar-refractivity contribution in [1.82, 2.24) is 0 Å². The van der Waals surface area contributed by atoms with Crippen molar-refractivity contribution in [3.05, 3.63) is 53.1 Å². The van der Waals surface area contributed by atoms with Crippen molar-refractivity contribution >= 4 is 28.7 Å². The van der Waals surface area contributed by atoms with E-state index in [0.717, 1.165) is 6.07 Å². The second kappa shape index (κ2) is 4.59. The average Bonchev–Trinajstić information content (AvgIpc) is 2.26. The third-order valence-electron chi connectivity index (χ3n) is 2.24. The van der Waals surface area contributed by atoms with Crippen LogP contribution in [-0.2, 0) is 0 Å². The van der Waals surface area contributed by atoms with E-state index in [9.17, 15) is 8.78 Å². The molecule has 0 unspecified atom stereocenters. The SMILES string of the molecule is Nc1cc(F)ccc1Nc1c(F)cccc1Cl. The molecular weight excluding hydrogens is 246 g/mol. The highest BCUT2D eigenvalue weighted by molar-refractivity contribution is 6.33. The first-order valence-corrected chi connectivity index (χ1v) is 5.22. The predicted octanol–water partition coefficient (Wildman–Crippen LogP) is 3.94. The smallest absolute Gasteiger partial charge is 0.148 e. The van der Waals surface area contributed by atoms with Crippen LogP contribution in [0.5, 0.6) is 0 Å². The Hall–Kier alpha value is -1.81. The van der Waals surface area contributed by atoms with Crippen molar-refractivity contribution in [2.45, 2.75) is 0 Å². The number of para-hydroxylation sites is 1. The fraction of sp³-hybridized carbons (Fsp3) is 0. The number of rotatable bonds is 2. The van der Waals surface area contributed by atoms with Crippen LogP contribution in [0.1, 0.15) is 0 Å². The van der Waals surface area contributed by atoms with Gasteiger partial charge in [0.15, 0.2) is 0 Å². The molecule has 0 saturated carbocycles. The standard InChI is InChI=1S/C12H9ClF2N2/c13-8-2-1-3-9(15)12(8)17-11-5-4-7(14)6-10(11)16/h1-6,17H,16H2. The Kier molecular flexibility index (Phi) is 3.15. The van der Waals surface area contributed by atoms with Crippen LogP contribution in [0.3, 0.4) is 0 Å². The Morgan fingerprint density at radius 1 is 1.12 bits per heavy atom. The zero-order chi connectivity index (χ0) is 12.4. The highest BCUT2D eigenvalue weighted by Gasteiger charge is 2.08. The van der Waals surface area contributed by atoms with E-state index in [0.29, 0.717) is 5.69 Å². The molecule has 3 N–H and O–H groups in total. The minimum atomic E-state index is -0.499. The number of nitrogens with one attached hydrogen (secondary N) is 1. The second-order valence-electron chi connectivity index (χ2n) is 3.45. The van der Waals surface area contributed by atoms with Gasteiger partial charge in [-0.05, 0) is 30.3 Å². The lowest BCUT2D eigenvalue weighted by Gasteiger charge is -2.11. The van der Waals surface area contributed by atoms with Crippen molar-refractivity contribution in [1.29, 1.82) is 0 Å². The Bertz CT molecular complexity index is 538. The first kappa shape index (κ1) is 11.7. The molecule has 0 spiro atoms. The first-order chi connectivity index (χ1) is 8.08. The van der Waals surface area contributed by atoms with E-state index in [1.807, 2.05) is 0 Å². The van der Waals surface area contributed by atoms with Gasteiger partial charge in [0.1, 0.15) is 11.6 Å². The molecule has 0 fully saturated rings. The van der Waals surface area contributed by atoms with E-state index in [1.165, 1.54) is 24.3 Å². The largest absolute Gasteiger partial charge is 0.397 e. The minimum Gasteiger partial charge on any atom is -0.397 e. The highest BCUT2D eigenvalue weighted by atomic mass is 35.5. The molecule has 0 aliphatic heterocycles. The van der Waals surface area contributed by atoms with Crippen LogP contribution in [-0.4, -0.2) is 0 Å². The number of hydrogen-bond donors (Lipinski definition) is 2. The topological polar surface area (TPSA) is 38.0 Å². The zero-order valence-electron chi connectivity index (χ0n) is 8.68. The van der Waals surface area contributed by atoms with Gasteiger partial charge in [0.25, 0.3) is 0 Å². The molecule has 0 saturated heterocycles. The van der Waals surface area contributed by atoms with Gasteiger partial charge in [-0.2, -0.15) is 0 Å². The van der Waals surface area contributed by atoms with Crippen molar-refractivity contribution in [3.63, 3.8) is 0 Å². The molecule has 2 aromatic rings. The Morgan fingerprint density at radius 2 is 1.88 bits per heavy atom. The number of halogens is 3. The van der Waals surface area contributed by atoms with Crippen LogP contribution < -0.4 is 11.1 Å². The molecule has 2 aromatic carbocycles. The molecule has 2 rings (SSSR count).